The Hall–Kier alpha value is -1.49. The van der Waals surface area contributed by atoms with Gasteiger partial charge in [-0.15, -0.1) is 0 Å². The van der Waals surface area contributed by atoms with Gasteiger partial charge in [0.05, 0.1) is 5.56 Å². The molecular formula is C14H14Cl2N2O2. The minimum atomic E-state index is -0.988. The standard InChI is InChI=1S/C14H14Cl2N2O2/c15-9-2-3-10(13(16)6-9)11-7-18(5-1-4-17)8-12(11)14(19)20/h2-3,6-8H,1,4-5,17H2,(H,19,20). The highest BCUT2D eigenvalue weighted by atomic mass is 35.5. The molecule has 20 heavy (non-hydrogen) atoms. The molecule has 2 rings (SSSR count). The van der Waals surface area contributed by atoms with Crippen molar-refractivity contribution < 1.29 is 9.90 Å². The summed E-state index contributed by atoms with van der Waals surface area (Å²) in [5, 5.41) is 10.2. The molecule has 1 aromatic carbocycles. The predicted octanol–water partition coefficient (Wildman–Crippen LogP) is 3.51. The Labute approximate surface area is 126 Å². The molecule has 0 radical (unpaired) electrons. The summed E-state index contributed by atoms with van der Waals surface area (Å²) >= 11 is 12.0. The summed E-state index contributed by atoms with van der Waals surface area (Å²) in [4.78, 5) is 11.4. The van der Waals surface area contributed by atoms with Crippen molar-refractivity contribution in [3.8, 4) is 11.1 Å². The summed E-state index contributed by atoms with van der Waals surface area (Å²) < 4.78 is 1.82. The van der Waals surface area contributed by atoms with Crippen LogP contribution in [-0.4, -0.2) is 22.2 Å². The molecule has 0 atom stereocenters. The fourth-order valence-electron chi connectivity index (χ4n) is 2.00. The monoisotopic (exact) mass is 312 g/mol. The van der Waals surface area contributed by atoms with Gasteiger partial charge in [-0.25, -0.2) is 4.79 Å². The molecule has 0 unspecified atom stereocenters. The molecule has 0 spiro atoms. The molecular weight excluding hydrogens is 299 g/mol. The topological polar surface area (TPSA) is 68.2 Å². The van der Waals surface area contributed by atoms with E-state index >= 15 is 0 Å². The molecule has 4 nitrogen and oxygen atoms in total. The molecule has 0 bridgehead atoms. The molecule has 3 N–H and O–H groups in total. The van der Waals surface area contributed by atoms with Crippen molar-refractivity contribution in [3.63, 3.8) is 0 Å². The van der Waals surface area contributed by atoms with Gasteiger partial charge >= 0.3 is 5.97 Å². The van der Waals surface area contributed by atoms with Crippen LogP contribution in [0.3, 0.4) is 0 Å². The van der Waals surface area contributed by atoms with Crippen molar-refractivity contribution in [1.29, 1.82) is 0 Å². The van der Waals surface area contributed by atoms with Crippen LogP contribution in [0.5, 0.6) is 0 Å². The average molecular weight is 313 g/mol. The maximum Gasteiger partial charge on any atom is 0.337 e. The molecule has 1 aromatic heterocycles. The van der Waals surface area contributed by atoms with Crippen molar-refractivity contribution in [2.24, 2.45) is 5.73 Å². The van der Waals surface area contributed by atoms with Crippen LogP contribution in [-0.2, 0) is 6.54 Å². The lowest BCUT2D eigenvalue weighted by atomic mass is 10.0. The predicted molar refractivity (Wildman–Crippen MR) is 80.5 cm³/mol. The maximum atomic E-state index is 11.4. The summed E-state index contributed by atoms with van der Waals surface area (Å²) in [6.45, 7) is 1.22. The van der Waals surface area contributed by atoms with E-state index < -0.39 is 5.97 Å². The number of carbonyl (C=O) groups is 1. The van der Waals surface area contributed by atoms with E-state index in [2.05, 4.69) is 0 Å². The van der Waals surface area contributed by atoms with E-state index in [0.717, 1.165) is 6.42 Å². The molecule has 1 heterocycles. The Morgan fingerprint density at radius 1 is 1.25 bits per heavy atom. The Balaban J connectivity index is 2.48. The van der Waals surface area contributed by atoms with Crippen molar-refractivity contribution in [1.82, 2.24) is 4.57 Å². The summed E-state index contributed by atoms with van der Waals surface area (Å²) in [6, 6.07) is 5.01. The van der Waals surface area contributed by atoms with Crippen LogP contribution in [0.25, 0.3) is 11.1 Å². The minimum Gasteiger partial charge on any atom is -0.478 e. The minimum absolute atomic E-state index is 0.214. The first-order valence-corrected chi connectivity index (χ1v) is 6.87. The van der Waals surface area contributed by atoms with Gasteiger partial charge in [-0.2, -0.15) is 0 Å². The maximum absolute atomic E-state index is 11.4. The Bertz CT molecular complexity index is 638. The van der Waals surface area contributed by atoms with E-state index in [1.54, 1.807) is 30.6 Å². The van der Waals surface area contributed by atoms with Gasteiger partial charge in [0.1, 0.15) is 0 Å². The first-order valence-electron chi connectivity index (χ1n) is 6.11. The molecule has 0 aliphatic heterocycles. The number of halogens is 2. The molecule has 106 valence electrons. The molecule has 0 saturated heterocycles. The number of benzene rings is 1. The molecule has 0 amide bonds. The second-order valence-electron chi connectivity index (χ2n) is 4.39. The molecule has 0 saturated carbocycles. The normalized spacial score (nSPS) is 10.8. The summed E-state index contributed by atoms with van der Waals surface area (Å²) in [5.74, 6) is -0.988. The number of carboxylic acid groups (broad SMARTS) is 1. The van der Waals surface area contributed by atoms with Crippen molar-refractivity contribution in [2.75, 3.05) is 6.54 Å². The van der Waals surface area contributed by atoms with E-state index in [9.17, 15) is 9.90 Å². The number of rotatable bonds is 5. The number of hydrogen-bond donors (Lipinski definition) is 2. The van der Waals surface area contributed by atoms with Crippen LogP contribution in [0.15, 0.2) is 30.6 Å². The zero-order valence-electron chi connectivity index (χ0n) is 10.6. The van der Waals surface area contributed by atoms with Gasteiger partial charge in [-0.3, -0.25) is 0 Å². The van der Waals surface area contributed by atoms with Crippen LogP contribution < -0.4 is 5.73 Å². The fourth-order valence-corrected chi connectivity index (χ4v) is 2.51. The Morgan fingerprint density at radius 3 is 2.60 bits per heavy atom. The van der Waals surface area contributed by atoms with Crippen LogP contribution in [0.4, 0.5) is 0 Å². The second-order valence-corrected chi connectivity index (χ2v) is 5.24. The molecule has 0 fully saturated rings. The van der Waals surface area contributed by atoms with E-state index in [4.69, 9.17) is 28.9 Å². The van der Waals surface area contributed by atoms with Crippen LogP contribution in [0, 0.1) is 0 Å². The smallest absolute Gasteiger partial charge is 0.337 e. The van der Waals surface area contributed by atoms with E-state index in [1.165, 1.54) is 0 Å². The van der Waals surface area contributed by atoms with Gasteiger partial charge in [-0.05, 0) is 25.1 Å². The van der Waals surface area contributed by atoms with Gasteiger partial charge in [0.15, 0.2) is 0 Å². The third kappa shape index (κ3) is 3.15. The first kappa shape index (κ1) is 14.9. The highest BCUT2D eigenvalue weighted by Crippen LogP contribution is 2.33. The highest BCUT2D eigenvalue weighted by Gasteiger charge is 2.17. The average Bonchev–Trinajstić information content (AvgIpc) is 2.80. The van der Waals surface area contributed by atoms with E-state index in [1.807, 2.05) is 4.57 Å². The van der Waals surface area contributed by atoms with Gasteiger partial charge < -0.3 is 15.4 Å². The number of aryl methyl sites for hydroxylation is 1. The number of carboxylic acids is 1. The Kier molecular flexibility index (Phi) is 4.70. The lowest BCUT2D eigenvalue weighted by Crippen LogP contribution is -2.04. The highest BCUT2D eigenvalue weighted by molar-refractivity contribution is 6.36. The molecule has 0 aliphatic rings. The molecule has 0 aliphatic carbocycles. The van der Waals surface area contributed by atoms with Crippen LogP contribution >= 0.6 is 23.2 Å². The molecule has 6 heteroatoms. The fraction of sp³-hybridized carbons (Fsp3) is 0.214. The summed E-state index contributed by atoms with van der Waals surface area (Å²) in [7, 11) is 0. The van der Waals surface area contributed by atoms with Gasteiger partial charge in [-0.1, -0.05) is 29.3 Å². The number of aromatic carboxylic acids is 1. The first-order chi connectivity index (χ1) is 9.52. The van der Waals surface area contributed by atoms with Crippen LogP contribution in [0.1, 0.15) is 16.8 Å². The SMILES string of the molecule is NCCCn1cc(C(=O)O)c(-c2ccc(Cl)cc2Cl)c1. The zero-order valence-corrected chi connectivity index (χ0v) is 12.2. The van der Waals surface area contributed by atoms with Gasteiger partial charge in [0.25, 0.3) is 0 Å². The van der Waals surface area contributed by atoms with Crippen molar-refractivity contribution >= 4 is 29.2 Å². The quantitative estimate of drug-likeness (QED) is 0.887. The summed E-state index contributed by atoms with van der Waals surface area (Å²) in [6.07, 6.45) is 4.15. The van der Waals surface area contributed by atoms with Gasteiger partial charge in [0.2, 0.25) is 0 Å². The number of nitrogens with two attached hydrogens (primary N) is 1. The van der Waals surface area contributed by atoms with Gasteiger partial charge in [0, 0.05) is 40.1 Å². The lowest BCUT2D eigenvalue weighted by molar-refractivity contribution is 0.0697. The lowest BCUT2D eigenvalue weighted by Gasteiger charge is -2.04. The number of hydrogen-bond acceptors (Lipinski definition) is 2. The van der Waals surface area contributed by atoms with Crippen LogP contribution in [0.2, 0.25) is 10.0 Å². The number of aromatic nitrogens is 1. The van der Waals surface area contributed by atoms with E-state index in [0.29, 0.717) is 34.3 Å². The number of nitrogens with zero attached hydrogens (tertiary/aromatic N) is 1. The van der Waals surface area contributed by atoms with Crippen molar-refractivity contribution in [3.05, 3.63) is 46.2 Å². The van der Waals surface area contributed by atoms with E-state index in [-0.39, 0.29) is 5.56 Å². The third-order valence-electron chi connectivity index (χ3n) is 2.95. The second kappa shape index (κ2) is 6.31. The van der Waals surface area contributed by atoms with Crippen molar-refractivity contribution in [2.45, 2.75) is 13.0 Å². The largest absolute Gasteiger partial charge is 0.478 e. The third-order valence-corrected chi connectivity index (χ3v) is 3.50. The Morgan fingerprint density at radius 2 is 2.00 bits per heavy atom. The molecule has 2 aromatic rings. The zero-order chi connectivity index (χ0) is 14.7. The summed E-state index contributed by atoms with van der Waals surface area (Å²) in [5.41, 5.74) is 6.91.